The molecule has 0 spiro atoms. The lowest BCUT2D eigenvalue weighted by atomic mass is 10.2. The van der Waals surface area contributed by atoms with E-state index in [1.165, 1.54) is 0 Å². The van der Waals surface area contributed by atoms with Crippen molar-refractivity contribution in [3.05, 3.63) is 58.3 Å². The minimum absolute atomic E-state index is 0.459. The van der Waals surface area contributed by atoms with Crippen LogP contribution in [0.3, 0.4) is 0 Å². The lowest BCUT2D eigenvalue weighted by molar-refractivity contribution is 0.317. The molecule has 0 atom stereocenters. The molecule has 0 aliphatic carbocycles. The van der Waals surface area contributed by atoms with E-state index in [2.05, 4.69) is 20.9 Å². The number of rotatable bonds is 5. The third-order valence-corrected chi connectivity index (χ3v) is 3.36. The van der Waals surface area contributed by atoms with Crippen molar-refractivity contribution in [2.24, 2.45) is 5.73 Å². The van der Waals surface area contributed by atoms with Gasteiger partial charge in [-0.3, -0.25) is 4.98 Å². The Hall–Kier alpha value is -1.39. The third kappa shape index (κ3) is 3.31. The fraction of sp³-hybridized carbons (Fsp3) is 0.214. The van der Waals surface area contributed by atoms with Crippen LogP contribution in [0.25, 0.3) is 0 Å². The van der Waals surface area contributed by atoms with E-state index in [0.29, 0.717) is 13.2 Å². The number of ether oxygens (including phenoxy) is 1. The number of hydrogen-bond donors (Lipinski definition) is 1. The zero-order valence-electron chi connectivity index (χ0n) is 9.97. The largest absolute Gasteiger partial charge is 0.493 e. The van der Waals surface area contributed by atoms with E-state index >= 15 is 0 Å². The molecule has 2 N–H and O–H groups in total. The van der Waals surface area contributed by atoms with Gasteiger partial charge in [0.1, 0.15) is 5.75 Å². The molecule has 1 aromatic carbocycles. The summed E-state index contributed by atoms with van der Waals surface area (Å²) >= 11 is 3.47. The summed E-state index contributed by atoms with van der Waals surface area (Å²) in [6.45, 7) is 1.06. The molecule has 1 heterocycles. The first-order chi connectivity index (χ1) is 8.81. The van der Waals surface area contributed by atoms with Crippen molar-refractivity contribution in [1.82, 2.24) is 4.98 Å². The van der Waals surface area contributed by atoms with E-state index in [1.807, 2.05) is 36.4 Å². The van der Waals surface area contributed by atoms with Crippen molar-refractivity contribution < 1.29 is 4.74 Å². The first-order valence-corrected chi connectivity index (χ1v) is 6.60. The molecule has 0 unspecified atom stereocenters. The van der Waals surface area contributed by atoms with Gasteiger partial charge >= 0.3 is 0 Å². The van der Waals surface area contributed by atoms with Crippen molar-refractivity contribution in [3.8, 4) is 5.75 Å². The maximum atomic E-state index is 5.76. The summed E-state index contributed by atoms with van der Waals surface area (Å²) < 4.78 is 6.75. The van der Waals surface area contributed by atoms with Gasteiger partial charge in [0.2, 0.25) is 0 Å². The van der Waals surface area contributed by atoms with Crippen LogP contribution in [0.2, 0.25) is 0 Å². The number of nitrogens with two attached hydrogens (primary N) is 1. The topological polar surface area (TPSA) is 48.1 Å². The number of halogens is 1. The molecule has 0 saturated heterocycles. The second-order valence-electron chi connectivity index (χ2n) is 3.84. The van der Waals surface area contributed by atoms with Crippen LogP contribution in [-0.2, 0) is 13.0 Å². The Morgan fingerprint density at radius 2 is 2.06 bits per heavy atom. The number of aromatic nitrogens is 1. The maximum absolute atomic E-state index is 5.76. The van der Waals surface area contributed by atoms with Gasteiger partial charge in [-0.2, -0.15) is 0 Å². The minimum atomic E-state index is 0.459. The van der Waals surface area contributed by atoms with Gasteiger partial charge in [-0.25, -0.2) is 0 Å². The van der Waals surface area contributed by atoms with Gasteiger partial charge in [0, 0.05) is 34.9 Å². The van der Waals surface area contributed by atoms with E-state index in [1.54, 1.807) is 6.20 Å². The monoisotopic (exact) mass is 306 g/mol. The van der Waals surface area contributed by atoms with Crippen LogP contribution >= 0.6 is 15.9 Å². The van der Waals surface area contributed by atoms with Crippen LogP contribution in [0, 0.1) is 0 Å². The Labute approximate surface area is 115 Å². The van der Waals surface area contributed by atoms with E-state index in [0.717, 1.165) is 27.9 Å². The number of nitrogens with zero attached hydrogens (tertiary/aromatic N) is 1. The Bertz CT molecular complexity index is 502. The normalized spacial score (nSPS) is 10.3. The van der Waals surface area contributed by atoms with Crippen LogP contribution in [0.1, 0.15) is 11.3 Å². The molecule has 4 heteroatoms. The molecule has 3 nitrogen and oxygen atoms in total. The molecule has 1 aromatic heterocycles. The van der Waals surface area contributed by atoms with Crippen LogP contribution in [0.4, 0.5) is 0 Å². The van der Waals surface area contributed by atoms with Crippen LogP contribution < -0.4 is 10.5 Å². The van der Waals surface area contributed by atoms with Crippen molar-refractivity contribution >= 4 is 15.9 Å². The molecule has 0 fully saturated rings. The quantitative estimate of drug-likeness (QED) is 0.924. The second kappa shape index (κ2) is 6.52. The molecule has 0 aliphatic heterocycles. The summed E-state index contributed by atoms with van der Waals surface area (Å²) in [5.41, 5.74) is 7.74. The van der Waals surface area contributed by atoms with E-state index < -0.39 is 0 Å². The van der Waals surface area contributed by atoms with Crippen LogP contribution in [-0.4, -0.2) is 11.6 Å². The molecule has 2 aromatic rings. The highest BCUT2D eigenvalue weighted by molar-refractivity contribution is 9.10. The van der Waals surface area contributed by atoms with Gasteiger partial charge in [-0.05, 0) is 24.3 Å². The molecular weight excluding hydrogens is 292 g/mol. The van der Waals surface area contributed by atoms with Gasteiger partial charge in [-0.1, -0.05) is 28.1 Å². The van der Waals surface area contributed by atoms with Crippen molar-refractivity contribution in [1.29, 1.82) is 0 Å². The molecular formula is C14H15BrN2O. The zero-order chi connectivity index (χ0) is 12.8. The number of hydrogen-bond acceptors (Lipinski definition) is 3. The first kappa shape index (κ1) is 13.1. The number of pyridine rings is 1. The standard InChI is InChI=1S/C14H15BrN2O/c15-13-5-3-6-14(12(13)10-16)18-9-7-11-4-1-2-8-17-11/h1-6,8H,7,9-10,16H2. The Kier molecular flexibility index (Phi) is 4.73. The molecule has 94 valence electrons. The molecule has 0 radical (unpaired) electrons. The Morgan fingerprint density at radius 1 is 1.17 bits per heavy atom. The van der Waals surface area contributed by atoms with Crippen LogP contribution in [0.15, 0.2) is 47.1 Å². The van der Waals surface area contributed by atoms with Crippen LogP contribution in [0.5, 0.6) is 5.75 Å². The van der Waals surface area contributed by atoms with E-state index in [9.17, 15) is 0 Å². The second-order valence-corrected chi connectivity index (χ2v) is 4.69. The highest BCUT2D eigenvalue weighted by Crippen LogP contribution is 2.26. The van der Waals surface area contributed by atoms with Crippen molar-refractivity contribution in [2.75, 3.05) is 6.61 Å². The minimum Gasteiger partial charge on any atom is -0.493 e. The summed E-state index contributed by atoms with van der Waals surface area (Å²) in [7, 11) is 0. The van der Waals surface area contributed by atoms with Crippen molar-refractivity contribution in [3.63, 3.8) is 0 Å². The van der Waals surface area contributed by atoms with Gasteiger partial charge in [-0.15, -0.1) is 0 Å². The SMILES string of the molecule is NCc1c(Br)cccc1OCCc1ccccn1. The Balaban J connectivity index is 1.96. The van der Waals surface area contributed by atoms with Gasteiger partial charge in [0.05, 0.1) is 6.61 Å². The smallest absolute Gasteiger partial charge is 0.124 e. The van der Waals surface area contributed by atoms with E-state index in [4.69, 9.17) is 10.5 Å². The molecule has 0 bridgehead atoms. The summed E-state index contributed by atoms with van der Waals surface area (Å²) in [6, 6.07) is 11.7. The van der Waals surface area contributed by atoms with Crippen molar-refractivity contribution in [2.45, 2.75) is 13.0 Å². The Morgan fingerprint density at radius 3 is 2.78 bits per heavy atom. The average molecular weight is 307 g/mol. The van der Waals surface area contributed by atoms with Gasteiger partial charge < -0.3 is 10.5 Å². The highest BCUT2D eigenvalue weighted by atomic mass is 79.9. The average Bonchev–Trinajstić information content (AvgIpc) is 2.40. The summed E-state index contributed by atoms with van der Waals surface area (Å²) in [5, 5.41) is 0. The maximum Gasteiger partial charge on any atom is 0.124 e. The summed E-state index contributed by atoms with van der Waals surface area (Å²) in [4.78, 5) is 4.26. The molecule has 0 amide bonds. The molecule has 0 saturated carbocycles. The number of benzene rings is 1. The van der Waals surface area contributed by atoms with Gasteiger partial charge in [0.25, 0.3) is 0 Å². The molecule has 18 heavy (non-hydrogen) atoms. The first-order valence-electron chi connectivity index (χ1n) is 5.81. The molecule has 2 rings (SSSR count). The highest BCUT2D eigenvalue weighted by Gasteiger charge is 2.05. The van der Waals surface area contributed by atoms with Gasteiger partial charge in [0.15, 0.2) is 0 Å². The lowest BCUT2D eigenvalue weighted by Crippen LogP contribution is -2.07. The molecule has 0 aliphatic rings. The van der Waals surface area contributed by atoms with E-state index in [-0.39, 0.29) is 0 Å². The zero-order valence-corrected chi connectivity index (χ0v) is 11.6. The summed E-state index contributed by atoms with van der Waals surface area (Å²) in [6.07, 6.45) is 2.58. The predicted molar refractivity (Wildman–Crippen MR) is 75.5 cm³/mol. The predicted octanol–water partition coefficient (Wildman–Crippen LogP) is 2.92. The summed E-state index contributed by atoms with van der Waals surface area (Å²) in [5.74, 6) is 0.836. The lowest BCUT2D eigenvalue weighted by Gasteiger charge is -2.11. The fourth-order valence-corrected chi connectivity index (χ4v) is 2.19. The fourth-order valence-electron chi connectivity index (χ4n) is 1.68. The third-order valence-electron chi connectivity index (χ3n) is 2.62.